The van der Waals surface area contributed by atoms with Gasteiger partial charge in [0.2, 0.25) is 0 Å². The molecule has 0 aliphatic heterocycles. The molecule has 0 radical (unpaired) electrons. The van der Waals surface area contributed by atoms with Crippen LogP contribution in [0.15, 0.2) is 17.6 Å². The average molecular weight is 194 g/mol. The lowest BCUT2D eigenvalue weighted by Crippen LogP contribution is -2.15. The molecule has 0 fully saturated rings. The molecule has 1 aromatic heterocycles. The fraction of sp³-hybridized carbons (Fsp3) is 0. The predicted molar refractivity (Wildman–Crippen MR) is 38.4 cm³/mol. The molecule has 0 aliphatic rings. The molecule has 11 heavy (non-hydrogen) atoms. The Hall–Kier alpha value is -0.720. The Bertz CT molecular complexity index is 346. The van der Waals surface area contributed by atoms with E-state index in [1.54, 1.807) is 0 Å². The summed E-state index contributed by atoms with van der Waals surface area (Å²) in [6, 6.07) is 0. The molecule has 0 saturated carbocycles. The van der Waals surface area contributed by atoms with Crippen LogP contribution in [0.1, 0.15) is 0 Å². The molecule has 2 N–H and O–H groups in total. The van der Waals surface area contributed by atoms with E-state index in [4.69, 9.17) is 16.7 Å². The van der Waals surface area contributed by atoms with Crippen LogP contribution in [0.5, 0.6) is 0 Å². The lowest BCUT2D eigenvalue weighted by atomic mass is 10.7. The topological polar surface area (TPSA) is 85.9 Å². The Morgan fingerprint density at radius 2 is 1.82 bits per heavy atom. The van der Waals surface area contributed by atoms with E-state index in [0.29, 0.717) is 0 Å². The summed E-state index contributed by atoms with van der Waals surface area (Å²) in [6.45, 7) is 0. The second-order valence-corrected chi connectivity index (χ2v) is 3.62. The fourth-order valence-corrected chi connectivity index (χ4v) is 0.944. The number of halogens is 1. The summed E-state index contributed by atoms with van der Waals surface area (Å²) >= 11 is 5.40. The summed E-state index contributed by atoms with van der Waals surface area (Å²) in [5.74, 6) is 0. The first-order chi connectivity index (χ1) is 5.00. The predicted octanol–water partition coefficient (Wildman–Crippen LogP) is -0.223. The summed E-state index contributed by atoms with van der Waals surface area (Å²) in [7, 11) is -3.80. The first-order valence-electron chi connectivity index (χ1n) is 2.50. The van der Waals surface area contributed by atoms with E-state index in [1.165, 1.54) is 0 Å². The quantitative estimate of drug-likeness (QED) is 0.625. The van der Waals surface area contributed by atoms with Crippen molar-refractivity contribution in [1.82, 2.24) is 9.97 Å². The van der Waals surface area contributed by atoms with Crippen LogP contribution < -0.4 is 5.14 Å². The van der Waals surface area contributed by atoms with Gasteiger partial charge in [0.15, 0.2) is 0 Å². The van der Waals surface area contributed by atoms with Crippen LogP contribution >= 0.6 is 11.6 Å². The summed E-state index contributed by atoms with van der Waals surface area (Å²) in [5.41, 5.74) is 0. The Kier molecular flexibility index (Phi) is 2.08. The molecule has 1 aromatic rings. The van der Waals surface area contributed by atoms with Gasteiger partial charge in [0.05, 0.1) is 17.4 Å². The van der Waals surface area contributed by atoms with Crippen LogP contribution in [-0.4, -0.2) is 18.4 Å². The van der Waals surface area contributed by atoms with Gasteiger partial charge in [-0.3, -0.25) is 0 Å². The zero-order valence-electron chi connectivity index (χ0n) is 5.23. The van der Waals surface area contributed by atoms with E-state index in [2.05, 4.69) is 9.97 Å². The van der Waals surface area contributed by atoms with Crippen LogP contribution in [0.25, 0.3) is 0 Å². The van der Waals surface area contributed by atoms with Gasteiger partial charge in [-0.2, -0.15) is 0 Å². The Labute approximate surface area is 68.3 Å². The molecule has 0 saturated heterocycles. The van der Waals surface area contributed by atoms with Crippen LogP contribution in [0.4, 0.5) is 0 Å². The Morgan fingerprint density at radius 3 is 2.18 bits per heavy atom. The van der Waals surface area contributed by atoms with Crippen molar-refractivity contribution < 1.29 is 8.42 Å². The minimum atomic E-state index is -3.80. The van der Waals surface area contributed by atoms with Gasteiger partial charge in [-0.25, -0.2) is 23.5 Å². The molecule has 60 valence electrons. The number of hydrogen-bond donors (Lipinski definition) is 1. The number of aromatic nitrogens is 2. The van der Waals surface area contributed by atoms with Crippen molar-refractivity contribution in [2.24, 2.45) is 5.14 Å². The Morgan fingerprint density at radius 1 is 1.36 bits per heavy atom. The van der Waals surface area contributed by atoms with Gasteiger partial charge in [0, 0.05) is 0 Å². The third-order valence-electron chi connectivity index (χ3n) is 0.851. The van der Waals surface area contributed by atoms with Gasteiger partial charge in [0.25, 0.3) is 15.2 Å². The van der Waals surface area contributed by atoms with Crippen molar-refractivity contribution in [2.45, 2.75) is 5.16 Å². The van der Waals surface area contributed by atoms with Crippen molar-refractivity contribution in [3.63, 3.8) is 0 Å². The Balaban J connectivity index is 3.20. The van der Waals surface area contributed by atoms with Crippen molar-refractivity contribution in [2.75, 3.05) is 0 Å². The number of nitrogens with two attached hydrogens (primary N) is 1. The molecule has 0 bridgehead atoms. The molecule has 0 spiro atoms. The van der Waals surface area contributed by atoms with Crippen LogP contribution in [0, 0.1) is 0 Å². The number of rotatable bonds is 1. The third-order valence-corrected chi connectivity index (χ3v) is 1.77. The van der Waals surface area contributed by atoms with Gasteiger partial charge >= 0.3 is 0 Å². The highest BCUT2D eigenvalue weighted by Gasteiger charge is 2.09. The summed E-state index contributed by atoms with van der Waals surface area (Å²) in [6.07, 6.45) is 2.32. The first kappa shape index (κ1) is 8.38. The highest BCUT2D eigenvalue weighted by molar-refractivity contribution is 7.89. The first-order valence-corrected chi connectivity index (χ1v) is 4.43. The van der Waals surface area contributed by atoms with Gasteiger partial charge in [0.1, 0.15) is 0 Å². The maximum absolute atomic E-state index is 10.6. The average Bonchev–Trinajstić information content (AvgIpc) is 1.86. The van der Waals surface area contributed by atoms with E-state index < -0.39 is 15.2 Å². The van der Waals surface area contributed by atoms with Crippen molar-refractivity contribution in [3.8, 4) is 0 Å². The minimum absolute atomic E-state index is 0.261. The SMILES string of the molecule is NS(=O)(=O)c1ncc(Cl)cn1. The highest BCUT2D eigenvalue weighted by atomic mass is 35.5. The van der Waals surface area contributed by atoms with Gasteiger partial charge in [-0.15, -0.1) is 0 Å². The summed E-state index contributed by atoms with van der Waals surface area (Å²) in [5, 5.41) is 4.54. The number of hydrogen-bond acceptors (Lipinski definition) is 4. The molecule has 0 aromatic carbocycles. The van der Waals surface area contributed by atoms with E-state index in [0.717, 1.165) is 12.4 Å². The number of nitrogens with zero attached hydrogens (tertiary/aromatic N) is 2. The van der Waals surface area contributed by atoms with Gasteiger partial charge < -0.3 is 0 Å². The lowest BCUT2D eigenvalue weighted by molar-refractivity contribution is 0.588. The number of primary sulfonamides is 1. The fourth-order valence-electron chi connectivity index (χ4n) is 0.447. The molecule has 0 aliphatic carbocycles. The second-order valence-electron chi connectivity index (χ2n) is 1.73. The minimum Gasteiger partial charge on any atom is -0.224 e. The van der Waals surface area contributed by atoms with E-state index in [9.17, 15) is 8.42 Å². The highest BCUT2D eigenvalue weighted by Crippen LogP contribution is 2.04. The molecular weight excluding hydrogens is 190 g/mol. The molecule has 7 heteroatoms. The van der Waals surface area contributed by atoms with E-state index in [1.807, 2.05) is 0 Å². The van der Waals surface area contributed by atoms with Crippen LogP contribution in [-0.2, 0) is 10.0 Å². The largest absolute Gasteiger partial charge is 0.273 e. The molecule has 5 nitrogen and oxygen atoms in total. The zero-order valence-corrected chi connectivity index (χ0v) is 6.80. The zero-order chi connectivity index (χ0) is 8.48. The lowest BCUT2D eigenvalue weighted by Gasteiger charge is -1.93. The smallest absolute Gasteiger partial charge is 0.224 e. The van der Waals surface area contributed by atoms with Crippen molar-refractivity contribution in [1.29, 1.82) is 0 Å². The molecule has 1 rings (SSSR count). The van der Waals surface area contributed by atoms with Crippen LogP contribution in [0.3, 0.4) is 0 Å². The molecular formula is C4H4ClN3O2S. The monoisotopic (exact) mass is 193 g/mol. The maximum atomic E-state index is 10.6. The second kappa shape index (κ2) is 2.72. The molecule has 0 amide bonds. The van der Waals surface area contributed by atoms with Crippen molar-refractivity contribution in [3.05, 3.63) is 17.4 Å². The summed E-state index contributed by atoms with van der Waals surface area (Å²) < 4.78 is 21.1. The summed E-state index contributed by atoms with van der Waals surface area (Å²) in [4.78, 5) is 6.79. The van der Waals surface area contributed by atoms with E-state index in [-0.39, 0.29) is 5.02 Å². The van der Waals surface area contributed by atoms with Gasteiger partial charge in [-0.1, -0.05) is 11.6 Å². The number of sulfonamides is 1. The van der Waals surface area contributed by atoms with Crippen molar-refractivity contribution >= 4 is 21.6 Å². The molecule has 0 unspecified atom stereocenters. The van der Waals surface area contributed by atoms with E-state index >= 15 is 0 Å². The third kappa shape index (κ3) is 2.11. The van der Waals surface area contributed by atoms with Crippen LogP contribution in [0.2, 0.25) is 5.02 Å². The standard InChI is InChI=1S/C4H4ClN3O2S/c5-3-1-7-4(8-2-3)11(6,9)10/h1-2H,(H2,6,9,10). The molecule has 1 heterocycles. The normalized spacial score (nSPS) is 11.5. The van der Waals surface area contributed by atoms with Gasteiger partial charge in [-0.05, 0) is 0 Å². The molecule has 0 atom stereocenters. The maximum Gasteiger partial charge on any atom is 0.273 e.